The third kappa shape index (κ3) is 5.19. The van der Waals surface area contributed by atoms with Crippen molar-refractivity contribution in [3.8, 4) is 0 Å². The minimum absolute atomic E-state index is 0.546. The minimum atomic E-state index is 0.546. The second kappa shape index (κ2) is 12.6. The highest BCUT2D eigenvalue weighted by Gasteiger charge is 2.21. The van der Waals surface area contributed by atoms with Crippen molar-refractivity contribution >= 4 is 102 Å². The van der Waals surface area contributed by atoms with Crippen LogP contribution in [0.2, 0.25) is 0 Å². The van der Waals surface area contributed by atoms with Crippen LogP contribution in [0.15, 0.2) is 170 Å². The molecule has 0 bridgehead atoms. The molecule has 0 radical (unpaired) electrons. The Balaban J connectivity index is 1.08. The normalized spacial score (nSPS) is 11.8. The Morgan fingerprint density at radius 3 is 1.83 bits per heavy atom. The molecule has 0 fully saturated rings. The van der Waals surface area contributed by atoms with Gasteiger partial charge in [-0.15, -0.1) is 0 Å². The zero-order valence-corrected chi connectivity index (χ0v) is 29.2. The Bertz CT molecular complexity index is 3050. The molecule has 5 heterocycles. The number of rotatable bonds is 8. The van der Waals surface area contributed by atoms with Crippen molar-refractivity contribution in [3.63, 3.8) is 0 Å². The number of aromatic nitrogens is 2. The molecule has 0 aliphatic rings. The Labute approximate surface area is 309 Å². The fourth-order valence-corrected chi connectivity index (χ4v) is 7.37. The van der Waals surface area contributed by atoms with Crippen LogP contribution in [-0.2, 0) is 0 Å². The van der Waals surface area contributed by atoms with Gasteiger partial charge >= 0.3 is 0 Å². The van der Waals surface area contributed by atoms with Gasteiger partial charge in [-0.05, 0) is 98.6 Å². The van der Waals surface area contributed by atoms with Crippen LogP contribution in [0.5, 0.6) is 0 Å². The number of furan rings is 3. The lowest BCUT2D eigenvalue weighted by Gasteiger charge is -2.25. The van der Waals surface area contributed by atoms with Crippen molar-refractivity contribution in [2.24, 2.45) is 4.99 Å². The monoisotopic (exact) mass is 701 g/mol. The molecule has 10 rings (SSSR count). The van der Waals surface area contributed by atoms with E-state index in [0.717, 1.165) is 94.8 Å². The summed E-state index contributed by atoms with van der Waals surface area (Å²) >= 11 is 0. The van der Waals surface area contributed by atoms with Crippen molar-refractivity contribution in [2.45, 2.75) is 6.92 Å². The maximum absolute atomic E-state index is 6.58. The topological polar surface area (TPSA) is 84.0 Å². The van der Waals surface area contributed by atoms with Crippen LogP contribution in [0.25, 0.3) is 61.1 Å². The number of hydrogen-bond acceptors (Lipinski definition) is 8. The Hall–Kier alpha value is -7.45. The molecular weight excluding hydrogens is 671 g/mol. The Morgan fingerprint density at radius 2 is 1.13 bits per heavy atom. The van der Waals surface area contributed by atoms with Crippen LogP contribution in [0.4, 0.5) is 34.3 Å². The molecule has 0 saturated carbocycles. The van der Waals surface area contributed by atoms with E-state index in [9.17, 15) is 0 Å². The molecule has 258 valence electrons. The molecular formula is C46H31N5O3. The van der Waals surface area contributed by atoms with E-state index in [0.29, 0.717) is 5.71 Å². The molecule has 0 spiro atoms. The minimum Gasteiger partial charge on any atom is -0.461 e. The number of aliphatic imine (C=N–C) groups is 1. The number of nitrogens with zero attached hydrogens (tertiary/aromatic N) is 5. The van der Waals surface area contributed by atoms with Gasteiger partial charge in [-0.3, -0.25) is 14.9 Å². The standard InChI is InChI=1S/C46H31N5O3/c1-29-35(21-23-47-2)36-16-13-32(25-41(36)52-29)50(30-9-5-3-6-10-30)33-14-18-38-40-19-20-45(49-46(40)54-43(38)26-33)51(31-11-7-4-8-12-31)34-15-17-37-39-22-24-48-28-44(39)53-42(37)27-34/h3-28H,2H2,1H3/b23-21-. The average Bonchev–Trinajstić information content (AvgIpc) is 3.87. The molecule has 0 N–H and O–H groups in total. The highest BCUT2D eigenvalue weighted by atomic mass is 16.3. The highest BCUT2D eigenvalue weighted by Crippen LogP contribution is 2.42. The second-order valence-corrected chi connectivity index (χ2v) is 13.1. The van der Waals surface area contributed by atoms with Crippen LogP contribution in [0.3, 0.4) is 0 Å². The van der Waals surface area contributed by atoms with Crippen LogP contribution in [0.1, 0.15) is 11.3 Å². The van der Waals surface area contributed by atoms with Crippen LogP contribution in [-0.4, -0.2) is 16.7 Å². The molecule has 5 aromatic carbocycles. The summed E-state index contributed by atoms with van der Waals surface area (Å²) in [6, 6.07) is 45.4. The second-order valence-electron chi connectivity index (χ2n) is 13.1. The van der Waals surface area contributed by atoms with Crippen molar-refractivity contribution < 1.29 is 13.3 Å². The third-order valence-corrected chi connectivity index (χ3v) is 9.84. The molecule has 5 aromatic heterocycles. The molecule has 0 saturated heterocycles. The molecule has 8 nitrogen and oxygen atoms in total. The summed E-state index contributed by atoms with van der Waals surface area (Å²) in [6.07, 6.45) is 7.14. The van der Waals surface area contributed by atoms with Gasteiger partial charge in [0.1, 0.15) is 28.3 Å². The van der Waals surface area contributed by atoms with Gasteiger partial charge in [-0.2, -0.15) is 4.98 Å². The SMILES string of the molecule is C=N/C=C\c1c(C)oc2cc(N(c3ccccc3)c3ccc4c(c3)oc3nc(N(c5ccccc5)c5ccc6c(c5)oc5cnccc56)ccc34)ccc12. The molecule has 8 heteroatoms. The largest absolute Gasteiger partial charge is 0.461 e. The molecule has 0 amide bonds. The van der Waals surface area contributed by atoms with Gasteiger partial charge in [0.2, 0.25) is 5.71 Å². The van der Waals surface area contributed by atoms with Gasteiger partial charge in [-0.1, -0.05) is 36.4 Å². The first-order chi connectivity index (χ1) is 26.6. The van der Waals surface area contributed by atoms with E-state index in [1.807, 2.05) is 61.5 Å². The number of para-hydroxylation sites is 2. The van der Waals surface area contributed by atoms with Crippen LogP contribution < -0.4 is 9.80 Å². The van der Waals surface area contributed by atoms with Crippen molar-refractivity contribution in [2.75, 3.05) is 9.80 Å². The van der Waals surface area contributed by atoms with Gasteiger partial charge in [-0.25, -0.2) is 0 Å². The van der Waals surface area contributed by atoms with E-state index in [4.69, 9.17) is 18.2 Å². The van der Waals surface area contributed by atoms with E-state index in [2.05, 4.69) is 111 Å². The number of pyridine rings is 2. The quantitative estimate of drug-likeness (QED) is 0.146. The van der Waals surface area contributed by atoms with Gasteiger partial charge in [0.25, 0.3) is 0 Å². The molecule has 54 heavy (non-hydrogen) atoms. The molecule has 0 aliphatic heterocycles. The lowest BCUT2D eigenvalue weighted by atomic mass is 10.1. The summed E-state index contributed by atoms with van der Waals surface area (Å²) in [6.45, 7) is 5.53. The predicted octanol–water partition coefficient (Wildman–Crippen LogP) is 12.9. The van der Waals surface area contributed by atoms with Crippen molar-refractivity contribution in [1.29, 1.82) is 0 Å². The summed E-state index contributed by atoms with van der Waals surface area (Å²) < 4.78 is 19.0. The number of aryl methyl sites for hydroxylation is 1. The molecule has 0 aliphatic carbocycles. The predicted molar refractivity (Wildman–Crippen MR) is 219 cm³/mol. The van der Waals surface area contributed by atoms with Gasteiger partial charge < -0.3 is 18.2 Å². The number of benzene rings is 5. The smallest absolute Gasteiger partial charge is 0.229 e. The number of hydrogen-bond donors (Lipinski definition) is 0. The molecule has 0 atom stereocenters. The summed E-state index contributed by atoms with van der Waals surface area (Å²) in [4.78, 5) is 17.6. The Morgan fingerprint density at radius 1 is 0.556 bits per heavy atom. The van der Waals surface area contributed by atoms with Crippen molar-refractivity contribution in [1.82, 2.24) is 9.97 Å². The van der Waals surface area contributed by atoms with Gasteiger partial charge in [0, 0.05) is 85.8 Å². The van der Waals surface area contributed by atoms with Crippen LogP contribution >= 0.6 is 0 Å². The van der Waals surface area contributed by atoms with Gasteiger partial charge in [0.15, 0.2) is 5.58 Å². The fraction of sp³-hybridized carbons (Fsp3) is 0.0217. The molecule has 10 aromatic rings. The number of anilines is 6. The lowest BCUT2D eigenvalue weighted by molar-refractivity contribution is 0.577. The first-order valence-corrected chi connectivity index (χ1v) is 17.6. The van der Waals surface area contributed by atoms with Gasteiger partial charge in [0.05, 0.1) is 11.9 Å². The van der Waals surface area contributed by atoms with Crippen LogP contribution in [0, 0.1) is 6.92 Å². The summed E-state index contributed by atoms with van der Waals surface area (Å²) in [5, 5.41) is 4.99. The zero-order chi connectivity index (χ0) is 36.2. The third-order valence-electron chi connectivity index (χ3n) is 9.84. The fourth-order valence-electron chi connectivity index (χ4n) is 7.37. The van der Waals surface area contributed by atoms with E-state index in [1.54, 1.807) is 18.6 Å². The van der Waals surface area contributed by atoms with E-state index in [-0.39, 0.29) is 0 Å². The summed E-state index contributed by atoms with van der Waals surface area (Å²) in [7, 11) is 0. The van der Waals surface area contributed by atoms with Crippen molar-refractivity contribution in [3.05, 3.63) is 163 Å². The summed E-state index contributed by atoms with van der Waals surface area (Å²) in [5.41, 5.74) is 9.35. The maximum atomic E-state index is 6.58. The van der Waals surface area contributed by atoms with E-state index >= 15 is 0 Å². The summed E-state index contributed by atoms with van der Waals surface area (Å²) in [5.74, 6) is 1.54. The first-order valence-electron chi connectivity index (χ1n) is 17.6. The first kappa shape index (κ1) is 31.3. The van der Waals surface area contributed by atoms with E-state index < -0.39 is 0 Å². The lowest BCUT2D eigenvalue weighted by Crippen LogP contribution is -2.11. The number of fused-ring (bicyclic) bond motifs is 7. The average molecular weight is 702 g/mol. The highest BCUT2D eigenvalue weighted by molar-refractivity contribution is 6.07. The Kier molecular flexibility index (Phi) is 7.33. The zero-order valence-electron chi connectivity index (χ0n) is 29.2. The molecule has 0 unspecified atom stereocenters. The maximum Gasteiger partial charge on any atom is 0.229 e. The van der Waals surface area contributed by atoms with E-state index in [1.165, 1.54) is 0 Å².